The maximum absolute atomic E-state index is 11.9. The summed E-state index contributed by atoms with van der Waals surface area (Å²) in [6.07, 6.45) is 3.05. The topological polar surface area (TPSA) is 54.3 Å². The molecule has 0 aliphatic carbocycles. The largest absolute Gasteiger partial charge is 0.387 e. The summed E-state index contributed by atoms with van der Waals surface area (Å²) in [6, 6.07) is 5.35. The Morgan fingerprint density at radius 2 is 2.22 bits per heavy atom. The van der Waals surface area contributed by atoms with Crippen LogP contribution in [-0.2, 0) is 4.79 Å². The molecule has 5 heteroatoms. The van der Waals surface area contributed by atoms with Crippen molar-refractivity contribution in [3.63, 3.8) is 0 Å². The van der Waals surface area contributed by atoms with E-state index in [1.807, 2.05) is 52.8 Å². The number of nitrogens with one attached hydrogen (secondary N) is 1. The molecular formula is C13H16N2O2S. The molecular weight excluding hydrogens is 248 g/mol. The van der Waals surface area contributed by atoms with Gasteiger partial charge in [-0.05, 0) is 41.4 Å². The molecule has 0 aliphatic heterocycles. The third-order valence-electron chi connectivity index (χ3n) is 2.85. The molecule has 0 radical (unpaired) electrons. The molecule has 1 amide bonds. The highest BCUT2D eigenvalue weighted by Crippen LogP contribution is 2.15. The average molecular weight is 264 g/mol. The van der Waals surface area contributed by atoms with Crippen LogP contribution in [0.3, 0.4) is 0 Å². The molecule has 4 nitrogen and oxygen atoms in total. The Hall–Kier alpha value is -1.59. The van der Waals surface area contributed by atoms with Gasteiger partial charge in [0.05, 0.1) is 6.10 Å². The third-order valence-corrected chi connectivity index (χ3v) is 3.55. The molecule has 2 heterocycles. The van der Waals surface area contributed by atoms with Crippen LogP contribution < -0.4 is 5.32 Å². The summed E-state index contributed by atoms with van der Waals surface area (Å²) < 4.78 is 1.83. The van der Waals surface area contributed by atoms with Crippen molar-refractivity contribution in [2.24, 2.45) is 0 Å². The van der Waals surface area contributed by atoms with Crippen molar-refractivity contribution in [3.8, 4) is 0 Å². The predicted octanol–water partition coefficient (Wildman–Crippen LogP) is 1.96. The van der Waals surface area contributed by atoms with Crippen molar-refractivity contribution in [2.75, 3.05) is 6.54 Å². The Morgan fingerprint density at radius 3 is 2.83 bits per heavy atom. The van der Waals surface area contributed by atoms with Crippen molar-refractivity contribution in [1.82, 2.24) is 9.88 Å². The van der Waals surface area contributed by atoms with Crippen LogP contribution in [-0.4, -0.2) is 22.1 Å². The molecule has 96 valence electrons. The van der Waals surface area contributed by atoms with Crippen LogP contribution in [0.1, 0.15) is 24.6 Å². The second-order valence-electron chi connectivity index (χ2n) is 4.12. The summed E-state index contributed by atoms with van der Waals surface area (Å²) in [4.78, 5) is 11.9. The second kappa shape index (κ2) is 5.84. The molecule has 0 aromatic carbocycles. The van der Waals surface area contributed by atoms with Crippen LogP contribution in [0, 0.1) is 0 Å². The number of amides is 1. The zero-order valence-corrected chi connectivity index (χ0v) is 10.9. The predicted molar refractivity (Wildman–Crippen MR) is 71.4 cm³/mol. The molecule has 2 atom stereocenters. The fourth-order valence-electron chi connectivity index (χ4n) is 1.67. The van der Waals surface area contributed by atoms with E-state index < -0.39 is 6.10 Å². The molecule has 2 aromatic heterocycles. The molecule has 2 aromatic rings. The number of nitrogens with zero attached hydrogens (tertiary/aromatic N) is 1. The highest BCUT2D eigenvalue weighted by atomic mass is 32.1. The molecule has 2 rings (SSSR count). The summed E-state index contributed by atoms with van der Waals surface area (Å²) in [6.45, 7) is 2.06. The number of aliphatic hydroxyl groups is 1. The van der Waals surface area contributed by atoms with Gasteiger partial charge in [0.15, 0.2) is 0 Å². The summed E-state index contributed by atoms with van der Waals surface area (Å²) in [5.74, 6) is -0.0968. The lowest BCUT2D eigenvalue weighted by Crippen LogP contribution is -2.33. The number of thiophene rings is 1. The first-order valence-electron chi connectivity index (χ1n) is 5.79. The quantitative estimate of drug-likeness (QED) is 0.867. The molecule has 18 heavy (non-hydrogen) atoms. The van der Waals surface area contributed by atoms with E-state index in [4.69, 9.17) is 0 Å². The fourth-order valence-corrected chi connectivity index (χ4v) is 2.38. The lowest BCUT2D eigenvalue weighted by atomic mass is 10.2. The van der Waals surface area contributed by atoms with E-state index in [0.717, 1.165) is 5.56 Å². The maximum atomic E-state index is 11.9. The summed E-state index contributed by atoms with van der Waals surface area (Å²) in [7, 11) is 0. The van der Waals surface area contributed by atoms with Gasteiger partial charge in [0.2, 0.25) is 5.91 Å². The molecule has 0 saturated heterocycles. The van der Waals surface area contributed by atoms with Gasteiger partial charge in [-0.15, -0.1) is 0 Å². The minimum absolute atomic E-state index is 0.0968. The van der Waals surface area contributed by atoms with Crippen molar-refractivity contribution in [2.45, 2.75) is 19.1 Å². The Kier molecular flexibility index (Phi) is 4.17. The molecule has 0 bridgehead atoms. The molecule has 2 N–H and O–H groups in total. The lowest BCUT2D eigenvalue weighted by molar-refractivity contribution is -0.124. The summed E-state index contributed by atoms with van der Waals surface area (Å²) >= 11 is 1.53. The standard InChI is InChI=1S/C13H16N2O2S/c1-10(15-5-2-3-6-15)13(17)14-8-12(16)11-4-7-18-9-11/h2-7,9-10,12,16H,8H2,1H3,(H,14,17). The Labute approximate surface area is 110 Å². The number of hydrogen-bond donors (Lipinski definition) is 2. The van der Waals surface area contributed by atoms with Crippen molar-refractivity contribution >= 4 is 17.2 Å². The van der Waals surface area contributed by atoms with Crippen LogP contribution in [0.4, 0.5) is 0 Å². The number of rotatable bonds is 5. The first-order chi connectivity index (χ1) is 8.68. The van der Waals surface area contributed by atoms with Gasteiger partial charge >= 0.3 is 0 Å². The Morgan fingerprint density at radius 1 is 1.50 bits per heavy atom. The minimum atomic E-state index is -0.642. The van der Waals surface area contributed by atoms with Crippen molar-refractivity contribution in [1.29, 1.82) is 0 Å². The molecule has 2 unspecified atom stereocenters. The highest BCUT2D eigenvalue weighted by molar-refractivity contribution is 7.07. The number of carbonyl (C=O) groups is 1. The minimum Gasteiger partial charge on any atom is -0.387 e. The van der Waals surface area contributed by atoms with E-state index in [-0.39, 0.29) is 18.5 Å². The number of aliphatic hydroxyl groups excluding tert-OH is 1. The normalized spacial score (nSPS) is 14.1. The smallest absolute Gasteiger partial charge is 0.242 e. The SMILES string of the molecule is CC(C(=O)NCC(O)c1ccsc1)n1cccc1. The monoisotopic (exact) mass is 264 g/mol. The van der Waals surface area contributed by atoms with Crippen LogP contribution in [0.25, 0.3) is 0 Å². The molecule has 0 spiro atoms. The van der Waals surface area contributed by atoms with Crippen LogP contribution in [0.5, 0.6) is 0 Å². The van der Waals surface area contributed by atoms with Crippen molar-refractivity contribution in [3.05, 3.63) is 46.9 Å². The van der Waals surface area contributed by atoms with Gasteiger partial charge in [-0.25, -0.2) is 0 Å². The second-order valence-corrected chi connectivity index (χ2v) is 4.90. The van der Waals surface area contributed by atoms with E-state index in [1.165, 1.54) is 11.3 Å². The third kappa shape index (κ3) is 3.00. The molecule has 0 aliphatic rings. The van der Waals surface area contributed by atoms with E-state index in [2.05, 4.69) is 5.32 Å². The van der Waals surface area contributed by atoms with Crippen LogP contribution in [0.15, 0.2) is 41.4 Å². The van der Waals surface area contributed by atoms with E-state index in [9.17, 15) is 9.90 Å². The van der Waals surface area contributed by atoms with Gasteiger partial charge < -0.3 is 15.0 Å². The first-order valence-corrected chi connectivity index (χ1v) is 6.73. The fraction of sp³-hybridized carbons (Fsp3) is 0.308. The van der Waals surface area contributed by atoms with Gasteiger partial charge in [-0.3, -0.25) is 4.79 Å². The van der Waals surface area contributed by atoms with E-state index >= 15 is 0 Å². The van der Waals surface area contributed by atoms with Crippen LogP contribution >= 0.6 is 11.3 Å². The van der Waals surface area contributed by atoms with E-state index in [0.29, 0.717) is 0 Å². The van der Waals surface area contributed by atoms with Gasteiger partial charge in [0, 0.05) is 18.9 Å². The Balaban J connectivity index is 1.85. The number of carbonyl (C=O) groups excluding carboxylic acids is 1. The molecule has 0 fully saturated rings. The van der Waals surface area contributed by atoms with Crippen LogP contribution in [0.2, 0.25) is 0 Å². The van der Waals surface area contributed by atoms with Gasteiger partial charge in [0.25, 0.3) is 0 Å². The Bertz CT molecular complexity index is 479. The zero-order chi connectivity index (χ0) is 13.0. The first kappa shape index (κ1) is 12.9. The highest BCUT2D eigenvalue weighted by Gasteiger charge is 2.15. The van der Waals surface area contributed by atoms with Gasteiger partial charge in [-0.2, -0.15) is 11.3 Å². The van der Waals surface area contributed by atoms with Crippen molar-refractivity contribution < 1.29 is 9.90 Å². The zero-order valence-electron chi connectivity index (χ0n) is 10.1. The summed E-state index contributed by atoms with van der Waals surface area (Å²) in [5.41, 5.74) is 0.842. The number of aromatic nitrogens is 1. The van der Waals surface area contributed by atoms with Gasteiger partial charge in [0.1, 0.15) is 6.04 Å². The number of hydrogen-bond acceptors (Lipinski definition) is 3. The lowest BCUT2D eigenvalue weighted by Gasteiger charge is -2.16. The maximum Gasteiger partial charge on any atom is 0.242 e. The molecule has 0 saturated carbocycles. The summed E-state index contributed by atoms with van der Waals surface area (Å²) in [5, 5.41) is 16.4. The van der Waals surface area contributed by atoms with E-state index in [1.54, 1.807) is 0 Å². The average Bonchev–Trinajstić information content (AvgIpc) is 3.05. The van der Waals surface area contributed by atoms with Gasteiger partial charge in [-0.1, -0.05) is 0 Å².